The summed E-state index contributed by atoms with van der Waals surface area (Å²) in [4.78, 5) is 18.3. The minimum Gasteiger partial charge on any atom is -0.465 e. The third-order valence-corrected chi connectivity index (χ3v) is 5.92. The molecule has 1 aromatic heterocycles. The molecule has 0 bridgehead atoms. The van der Waals surface area contributed by atoms with Crippen LogP contribution in [-0.4, -0.2) is 20.1 Å². The first-order chi connectivity index (χ1) is 14.2. The Bertz CT molecular complexity index is 1090. The number of H-pyrrole nitrogens is 1. The SMILES string of the molecule is COC(=O)c1ccc(C(=Cc2cc[nH+]cc2)C=C2Sc3ccccc3N2C)cc1. The van der Waals surface area contributed by atoms with Gasteiger partial charge in [-0.15, -0.1) is 0 Å². The number of rotatable bonds is 4. The standard InChI is InChI=1S/C24H20N2O2S/c1-26-21-5-3-4-6-22(21)29-23(26)16-20(15-17-11-13-25-14-12-17)18-7-9-19(10-8-18)24(27)28-2/h3-16H,1-2H3/p+1. The Labute approximate surface area is 174 Å². The van der Waals surface area contributed by atoms with E-state index < -0.39 is 0 Å². The van der Waals surface area contributed by atoms with E-state index in [9.17, 15) is 4.79 Å². The maximum absolute atomic E-state index is 11.8. The number of nitrogens with one attached hydrogen (secondary N) is 1. The van der Waals surface area contributed by atoms with Crippen LogP contribution in [0.1, 0.15) is 21.5 Å². The third-order valence-electron chi connectivity index (χ3n) is 4.76. The number of anilines is 1. The van der Waals surface area contributed by atoms with Gasteiger partial charge in [-0.05, 0) is 53.1 Å². The topological polar surface area (TPSA) is 43.7 Å². The number of esters is 1. The number of pyridine rings is 1. The molecule has 0 saturated carbocycles. The van der Waals surface area contributed by atoms with Gasteiger partial charge in [0.15, 0.2) is 12.4 Å². The Morgan fingerprint density at radius 1 is 1.00 bits per heavy atom. The quantitative estimate of drug-likeness (QED) is 0.583. The fourth-order valence-electron chi connectivity index (χ4n) is 3.18. The Morgan fingerprint density at radius 2 is 1.69 bits per heavy atom. The number of nitrogens with zero attached hydrogens (tertiary/aromatic N) is 1. The number of ether oxygens (including phenoxy) is 1. The molecule has 3 aromatic rings. The lowest BCUT2D eigenvalue weighted by molar-refractivity contribution is -0.378. The molecule has 4 nitrogen and oxygen atoms in total. The summed E-state index contributed by atoms with van der Waals surface area (Å²) in [6.07, 6.45) is 8.15. The summed E-state index contributed by atoms with van der Waals surface area (Å²) in [5, 5.41) is 1.15. The molecule has 0 atom stereocenters. The van der Waals surface area contributed by atoms with Crippen LogP contribution >= 0.6 is 11.8 Å². The van der Waals surface area contributed by atoms with Gasteiger partial charge >= 0.3 is 5.97 Å². The Kier molecular flexibility index (Phi) is 5.49. The number of carbonyl (C=O) groups is 1. The van der Waals surface area contributed by atoms with Crippen molar-refractivity contribution in [3.8, 4) is 0 Å². The second-order valence-corrected chi connectivity index (χ2v) is 7.68. The lowest BCUT2D eigenvalue weighted by Gasteiger charge is -2.14. The molecular weight excluding hydrogens is 380 g/mol. The van der Waals surface area contributed by atoms with Gasteiger partial charge in [0.1, 0.15) is 0 Å². The number of carbonyl (C=O) groups excluding carboxylic acids is 1. The molecule has 1 N–H and O–H groups in total. The van der Waals surface area contributed by atoms with E-state index in [0.717, 1.165) is 21.7 Å². The molecule has 2 heterocycles. The van der Waals surface area contributed by atoms with Gasteiger partial charge in [-0.25, -0.2) is 9.78 Å². The van der Waals surface area contributed by atoms with E-state index >= 15 is 0 Å². The number of allylic oxidation sites excluding steroid dienone is 2. The monoisotopic (exact) mass is 401 g/mol. The molecule has 1 aliphatic rings. The van der Waals surface area contributed by atoms with Gasteiger partial charge in [0.2, 0.25) is 0 Å². The van der Waals surface area contributed by atoms with Gasteiger partial charge in [-0.3, -0.25) is 0 Å². The van der Waals surface area contributed by atoms with E-state index in [1.54, 1.807) is 23.9 Å². The van der Waals surface area contributed by atoms with E-state index in [1.165, 1.54) is 17.7 Å². The zero-order valence-corrected chi connectivity index (χ0v) is 17.1. The summed E-state index contributed by atoms with van der Waals surface area (Å²) < 4.78 is 4.81. The van der Waals surface area contributed by atoms with Gasteiger partial charge in [0.25, 0.3) is 0 Å². The Hall–Kier alpha value is -3.31. The first kappa shape index (κ1) is 19.0. The van der Waals surface area contributed by atoms with Crippen molar-refractivity contribution in [3.63, 3.8) is 0 Å². The van der Waals surface area contributed by atoms with Crippen molar-refractivity contribution in [1.29, 1.82) is 0 Å². The van der Waals surface area contributed by atoms with E-state index in [2.05, 4.69) is 53.3 Å². The van der Waals surface area contributed by atoms with Crippen LogP contribution in [0.5, 0.6) is 0 Å². The number of fused-ring (bicyclic) bond motifs is 1. The highest BCUT2D eigenvalue weighted by Crippen LogP contribution is 2.45. The molecule has 29 heavy (non-hydrogen) atoms. The molecule has 0 radical (unpaired) electrons. The van der Waals surface area contributed by atoms with E-state index in [-0.39, 0.29) is 5.97 Å². The second kappa shape index (κ2) is 8.37. The highest BCUT2D eigenvalue weighted by Gasteiger charge is 2.21. The molecule has 2 aromatic carbocycles. The van der Waals surface area contributed by atoms with E-state index in [1.807, 2.05) is 36.7 Å². The number of hydrogen-bond acceptors (Lipinski definition) is 4. The fraction of sp³-hybridized carbons (Fsp3) is 0.0833. The van der Waals surface area contributed by atoms with Gasteiger partial charge in [0, 0.05) is 24.1 Å². The van der Waals surface area contributed by atoms with Crippen molar-refractivity contribution in [2.24, 2.45) is 0 Å². The molecule has 0 unspecified atom stereocenters. The van der Waals surface area contributed by atoms with Crippen molar-refractivity contribution in [2.75, 3.05) is 19.1 Å². The number of aromatic nitrogens is 1. The van der Waals surface area contributed by atoms with E-state index in [0.29, 0.717) is 5.56 Å². The summed E-state index contributed by atoms with van der Waals surface area (Å²) in [5.74, 6) is -0.333. The summed E-state index contributed by atoms with van der Waals surface area (Å²) in [5.41, 5.74) is 4.93. The van der Waals surface area contributed by atoms with Crippen LogP contribution in [0.4, 0.5) is 5.69 Å². The summed E-state index contributed by atoms with van der Waals surface area (Å²) in [7, 11) is 3.48. The third kappa shape index (κ3) is 4.10. The predicted molar refractivity (Wildman–Crippen MR) is 117 cm³/mol. The van der Waals surface area contributed by atoms with Crippen LogP contribution in [0.3, 0.4) is 0 Å². The lowest BCUT2D eigenvalue weighted by atomic mass is 10.0. The van der Waals surface area contributed by atoms with Crippen molar-refractivity contribution in [1.82, 2.24) is 0 Å². The first-order valence-electron chi connectivity index (χ1n) is 9.24. The Morgan fingerprint density at radius 3 is 2.38 bits per heavy atom. The molecule has 5 heteroatoms. The van der Waals surface area contributed by atoms with Crippen molar-refractivity contribution < 1.29 is 14.5 Å². The number of hydrogen-bond donors (Lipinski definition) is 0. The normalized spacial score (nSPS) is 14.8. The molecule has 0 aliphatic carbocycles. The van der Waals surface area contributed by atoms with Crippen molar-refractivity contribution in [3.05, 3.63) is 101 Å². The van der Waals surface area contributed by atoms with Crippen LogP contribution < -0.4 is 9.88 Å². The second-order valence-electron chi connectivity index (χ2n) is 6.61. The number of thioether (sulfide) groups is 1. The van der Waals surface area contributed by atoms with Gasteiger partial charge in [-0.2, -0.15) is 0 Å². The molecule has 0 fully saturated rings. The minimum atomic E-state index is -0.333. The average molecular weight is 402 g/mol. The average Bonchev–Trinajstić information content (AvgIpc) is 3.09. The van der Waals surface area contributed by atoms with Gasteiger partial charge in [0.05, 0.1) is 23.4 Å². The zero-order valence-electron chi connectivity index (χ0n) is 16.3. The maximum Gasteiger partial charge on any atom is 0.337 e. The predicted octanol–water partition coefficient (Wildman–Crippen LogP) is 4.91. The summed E-state index contributed by atoms with van der Waals surface area (Å²) >= 11 is 1.76. The maximum atomic E-state index is 11.8. The number of aromatic amines is 1. The zero-order chi connectivity index (χ0) is 20.2. The fourth-order valence-corrected chi connectivity index (χ4v) is 4.28. The highest BCUT2D eigenvalue weighted by molar-refractivity contribution is 8.03. The molecule has 144 valence electrons. The van der Waals surface area contributed by atoms with E-state index in [4.69, 9.17) is 4.74 Å². The molecule has 1 aliphatic heterocycles. The van der Waals surface area contributed by atoms with Crippen LogP contribution in [0, 0.1) is 0 Å². The smallest absolute Gasteiger partial charge is 0.337 e. The van der Waals surface area contributed by atoms with Gasteiger partial charge in [-0.1, -0.05) is 36.0 Å². The lowest BCUT2D eigenvalue weighted by Crippen LogP contribution is -2.09. The molecule has 0 amide bonds. The highest BCUT2D eigenvalue weighted by atomic mass is 32.2. The largest absolute Gasteiger partial charge is 0.465 e. The number of methoxy groups -OCH3 is 1. The number of benzene rings is 2. The van der Waals surface area contributed by atoms with Crippen LogP contribution in [0.15, 0.2) is 89.1 Å². The van der Waals surface area contributed by atoms with Crippen LogP contribution in [-0.2, 0) is 4.74 Å². The molecule has 0 spiro atoms. The minimum absolute atomic E-state index is 0.333. The first-order valence-corrected chi connectivity index (χ1v) is 10.1. The Balaban J connectivity index is 1.74. The summed E-state index contributed by atoms with van der Waals surface area (Å²) in [6.45, 7) is 0. The summed E-state index contributed by atoms with van der Waals surface area (Å²) in [6, 6.07) is 20.0. The molecule has 0 saturated heterocycles. The van der Waals surface area contributed by atoms with Crippen molar-refractivity contribution >= 4 is 35.1 Å². The van der Waals surface area contributed by atoms with Crippen LogP contribution in [0.2, 0.25) is 0 Å². The molecule has 4 rings (SSSR count). The van der Waals surface area contributed by atoms with Crippen LogP contribution in [0.25, 0.3) is 11.6 Å². The van der Waals surface area contributed by atoms with Gasteiger partial charge < -0.3 is 9.64 Å². The molecular formula is C24H21N2O2S+. The van der Waals surface area contributed by atoms with Crippen molar-refractivity contribution in [2.45, 2.75) is 4.90 Å². The number of para-hydroxylation sites is 1.